The highest BCUT2D eigenvalue weighted by atomic mass is 32.2. The summed E-state index contributed by atoms with van der Waals surface area (Å²) in [5.74, 6) is -0.308. The molecule has 0 aromatic rings. The molecule has 1 aliphatic carbocycles. The number of hydrogen-bond donors (Lipinski definition) is 1. The average Bonchev–Trinajstić information content (AvgIpc) is 2.78. The van der Waals surface area contributed by atoms with Crippen LogP contribution in [0.3, 0.4) is 0 Å². The standard InChI is InChI=1S/C11H15NO4S2/c13-11(14)8-10-12(6-7-17-10)18(15,16)9-4-2-1-3-5-9/h1-4,9-10H,5-8H2,(H,13,14). The summed E-state index contributed by atoms with van der Waals surface area (Å²) in [5.41, 5.74) is 0. The van der Waals surface area contributed by atoms with Crippen LogP contribution >= 0.6 is 11.8 Å². The van der Waals surface area contributed by atoms with Gasteiger partial charge in [-0.1, -0.05) is 24.3 Å². The second-order valence-electron chi connectivity index (χ2n) is 4.17. The third kappa shape index (κ3) is 2.78. The normalized spacial score (nSPS) is 28.7. The maximum absolute atomic E-state index is 12.4. The SMILES string of the molecule is O=C(O)CC1SCCN1S(=O)(=O)C1C=CC=CC1. The summed E-state index contributed by atoms with van der Waals surface area (Å²) in [6, 6.07) is 0. The van der Waals surface area contributed by atoms with E-state index in [9.17, 15) is 13.2 Å². The topological polar surface area (TPSA) is 74.7 Å². The van der Waals surface area contributed by atoms with Crippen molar-refractivity contribution in [2.75, 3.05) is 12.3 Å². The lowest BCUT2D eigenvalue weighted by Crippen LogP contribution is -2.41. The molecule has 7 heteroatoms. The molecule has 0 amide bonds. The van der Waals surface area contributed by atoms with Crippen molar-refractivity contribution in [2.24, 2.45) is 0 Å². The van der Waals surface area contributed by atoms with E-state index in [-0.39, 0.29) is 6.42 Å². The number of aliphatic carboxylic acids is 1. The van der Waals surface area contributed by atoms with E-state index in [0.29, 0.717) is 18.7 Å². The van der Waals surface area contributed by atoms with Crippen LogP contribution in [0.5, 0.6) is 0 Å². The summed E-state index contributed by atoms with van der Waals surface area (Å²) >= 11 is 1.39. The lowest BCUT2D eigenvalue weighted by Gasteiger charge is -2.26. The smallest absolute Gasteiger partial charge is 0.305 e. The fourth-order valence-electron chi connectivity index (χ4n) is 2.06. The minimum Gasteiger partial charge on any atom is -0.481 e. The number of hydrogen-bond acceptors (Lipinski definition) is 4. The average molecular weight is 289 g/mol. The zero-order valence-electron chi connectivity index (χ0n) is 9.73. The minimum atomic E-state index is -3.45. The Kier molecular flexibility index (Phi) is 4.14. The molecule has 1 aliphatic heterocycles. The van der Waals surface area contributed by atoms with Crippen LogP contribution in [0.25, 0.3) is 0 Å². The minimum absolute atomic E-state index is 0.143. The van der Waals surface area contributed by atoms with Crippen molar-refractivity contribution in [3.05, 3.63) is 24.3 Å². The van der Waals surface area contributed by atoms with Crippen molar-refractivity contribution in [1.29, 1.82) is 0 Å². The predicted octanol–water partition coefficient (Wildman–Crippen LogP) is 1.05. The van der Waals surface area contributed by atoms with Crippen molar-refractivity contribution >= 4 is 27.8 Å². The first-order chi connectivity index (χ1) is 8.51. The highest BCUT2D eigenvalue weighted by Crippen LogP contribution is 2.32. The van der Waals surface area contributed by atoms with Gasteiger partial charge in [0, 0.05) is 12.3 Å². The molecule has 18 heavy (non-hydrogen) atoms. The number of thioether (sulfide) groups is 1. The first-order valence-electron chi connectivity index (χ1n) is 5.69. The number of carboxylic acids is 1. The van der Waals surface area contributed by atoms with Gasteiger partial charge in [0.25, 0.3) is 0 Å². The number of carbonyl (C=O) groups is 1. The lowest BCUT2D eigenvalue weighted by molar-refractivity contribution is -0.137. The van der Waals surface area contributed by atoms with Gasteiger partial charge in [-0.15, -0.1) is 11.8 Å². The van der Waals surface area contributed by atoms with E-state index in [4.69, 9.17) is 5.11 Å². The molecule has 1 heterocycles. The molecular weight excluding hydrogens is 274 g/mol. The Morgan fingerprint density at radius 3 is 2.83 bits per heavy atom. The lowest BCUT2D eigenvalue weighted by atomic mass is 10.2. The van der Waals surface area contributed by atoms with Gasteiger partial charge in [0.05, 0.1) is 17.0 Å². The van der Waals surface area contributed by atoms with Crippen LogP contribution in [-0.4, -0.2) is 46.7 Å². The summed E-state index contributed by atoms with van der Waals surface area (Å²) in [6.45, 7) is 0.402. The Morgan fingerprint density at radius 2 is 2.22 bits per heavy atom. The number of nitrogens with zero attached hydrogens (tertiary/aromatic N) is 1. The van der Waals surface area contributed by atoms with Gasteiger partial charge in [-0.3, -0.25) is 4.79 Å². The first-order valence-corrected chi connectivity index (χ1v) is 8.24. The monoisotopic (exact) mass is 289 g/mol. The molecule has 1 fully saturated rings. The zero-order chi connectivity index (χ0) is 13.2. The summed E-state index contributed by atoms with van der Waals surface area (Å²) < 4.78 is 26.2. The number of allylic oxidation sites excluding steroid dienone is 3. The van der Waals surface area contributed by atoms with Gasteiger partial charge < -0.3 is 5.11 Å². The van der Waals surface area contributed by atoms with Gasteiger partial charge in [-0.25, -0.2) is 8.42 Å². The van der Waals surface area contributed by atoms with Crippen molar-refractivity contribution in [3.63, 3.8) is 0 Å². The van der Waals surface area contributed by atoms with Crippen LogP contribution in [0.15, 0.2) is 24.3 Å². The molecule has 1 saturated heterocycles. The van der Waals surface area contributed by atoms with Gasteiger partial charge in [0.15, 0.2) is 0 Å². The predicted molar refractivity (Wildman–Crippen MR) is 70.8 cm³/mol. The molecular formula is C11H15NO4S2. The van der Waals surface area contributed by atoms with Crippen LogP contribution in [0.4, 0.5) is 0 Å². The van der Waals surface area contributed by atoms with Gasteiger partial charge in [0.1, 0.15) is 0 Å². The molecule has 2 atom stereocenters. The third-order valence-electron chi connectivity index (χ3n) is 2.94. The van der Waals surface area contributed by atoms with Crippen molar-refractivity contribution in [1.82, 2.24) is 4.31 Å². The van der Waals surface area contributed by atoms with E-state index < -0.39 is 26.6 Å². The molecule has 0 aromatic heterocycles. The van der Waals surface area contributed by atoms with Crippen LogP contribution < -0.4 is 0 Å². The number of carboxylic acid groups (broad SMARTS) is 1. The van der Waals surface area contributed by atoms with Crippen LogP contribution in [0.1, 0.15) is 12.8 Å². The molecule has 0 bridgehead atoms. The van der Waals surface area contributed by atoms with Gasteiger partial charge in [-0.2, -0.15) is 4.31 Å². The highest BCUT2D eigenvalue weighted by Gasteiger charge is 2.39. The summed E-state index contributed by atoms with van der Waals surface area (Å²) in [4.78, 5) is 10.7. The summed E-state index contributed by atoms with van der Waals surface area (Å²) in [5, 5.41) is 7.78. The van der Waals surface area contributed by atoms with E-state index in [1.165, 1.54) is 16.1 Å². The Balaban J connectivity index is 2.16. The van der Waals surface area contributed by atoms with Crippen molar-refractivity contribution in [3.8, 4) is 0 Å². The van der Waals surface area contributed by atoms with Gasteiger partial charge in [-0.05, 0) is 6.42 Å². The fourth-order valence-corrected chi connectivity index (χ4v) is 5.56. The molecule has 0 saturated carbocycles. The van der Waals surface area contributed by atoms with Crippen LogP contribution in [0, 0.1) is 0 Å². The molecule has 2 unspecified atom stereocenters. The second-order valence-corrected chi connectivity index (χ2v) is 7.56. The molecule has 0 aromatic carbocycles. The Morgan fingerprint density at radius 1 is 1.44 bits per heavy atom. The quantitative estimate of drug-likeness (QED) is 0.837. The third-order valence-corrected chi connectivity index (χ3v) is 6.51. The van der Waals surface area contributed by atoms with E-state index in [1.807, 2.05) is 12.2 Å². The zero-order valence-corrected chi connectivity index (χ0v) is 11.4. The summed E-state index contributed by atoms with van der Waals surface area (Å²) in [6.07, 6.45) is 7.34. The van der Waals surface area contributed by atoms with Crippen LogP contribution in [-0.2, 0) is 14.8 Å². The van der Waals surface area contributed by atoms with Gasteiger partial charge in [0.2, 0.25) is 10.0 Å². The molecule has 100 valence electrons. The first kappa shape index (κ1) is 13.6. The Hall–Kier alpha value is -0.790. The fraction of sp³-hybridized carbons (Fsp3) is 0.545. The molecule has 1 N–H and O–H groups in total. The van der Waals surface area contributed by atoms with Gasteiger partial charge >= 0.3 is 5.97 Å². The van der Waals surface area contributed by atoms with E-state index in [1.54, 1.807) is 12.2 Å². The van der Waals surface area contributed by atoms with E-state index in [2.05, 4.69) is 0 Å². The molecule has 0 radical (unpaired) electrons. The van der Waals surface area contributed by atoms with Crippen LogP contribution in [0.2, 0.25) is 0 Å². The molecule has 2 rings (SSSR count). The highest BCUT2D eigenvalue weighted by molar-refractivity contribution is 8.01. The Bertz CT molecular complexity index is 483. The summed E-state index contributed by atoms with van der Waals surface area (Å²) in [7, 11) is -3.45. The van der Waals surface area contributed by atoms with E-state index in [0.717, 1.165) is 0 Å². The van der Waals surface area contributed by atoms with Crippen molar-refractivity contribution < 1.29 is 18.3 Å². The maximum Gasteiger partial charge on any atom is 0.305 e. The number of sulfonamides is 1. The largest absolute Gasteiger partial charge is 0.481 e. The van der Waals surface area contributed by atoms with E-state index >= 15 is 0 Å². The number of rotatable bonds is 4. The Labute approximate surface area is 111 Å². The second kappa shape index (κ2) is 5.46. The maximum atomic E-state index is 12.4. The molecule has 2 aliphatic rings. The molecule has 5 nitrogen and oxygen atoms in total. The van der Waals surface area contributed by atoms with Crippen molar-refractivity contribution in [2.45, 2.75) is 23.5 Å². The molecule has 0 spiro atoms.